The second-order valence-electron chi connectivity index (χ2n) is 7.30. The van der Waals surface area contributed by atoms with E-state index in [1.54, 1.807) is 10.6 Å². The van der Waals surface area contributed by atoms with Crippen LogP contribution in [0.1, 0.15) is 17.5 Å². The van der Waals surface area contributed by atoms with Gasteiger partial charge in [0.15, 0.2) is 5.16 Å². The molecule has 4 aromatic rings. The number of hydrogen-bond donors (Lipinski definition) is 1. The normalized spacial score (nSPS) is 10.9. The first-order chi connectivity index (χ1) is 15.0. The molecular weight excluding hydrogens is 406 g/mol. The van der Waals surface area contributed by atoms with E-state index < -0.39 is 0 Å². The highest BCUT2D eigenvalue weighted by Gasteiger charge is 2.14. The van der Waals surface area contributed by atoms with Crippen molar-refractivity contribution < 1.29 is 4.79 Å². The Hall–Kier alpha value is -3.38. The van der Waals surface area contributed by atoms with E-state index in [0.29, 0.717) is 28.2 Å². The molecular formula is C25H23N3O2S. The number of nitrogens with one attached hydrogen (secondary N) is 1. The van der Waals surface area contributed by atoms with E-state index in [4.69, 9.17) is 4.98 Å². The number of aromatic nitrogens is 2. The van der Waals surface area contributed by atoms with Gasteiger partial charge in [0.1, 0.15) is 0 Å². The SMILES string of the molecule is Cc1cccc(C)c1NC(=O)CCSc1nc2ccccc2c(=O)n1-c1ccccc1. The fourth-order valence-corrected chi connectivity index (χ4v) is 4.41. The van der Waals surface area contributed by atoms with Gasteiger partial charge in [-0.25, -0.2) is 4.98 Å². The number of nitrogens with zero attached hydrogens (tertiary/aromatic N) is 2. The van der Waals surface area contributed by atoms with Crippen molar-refractivity contribution in [1.29, 1.82) is 0 Å². The smallest absolute Gasteiger partial charge is 0.266 e. The fraction of sp³-hybridized carbons (Fsp3) is 0.160. The highest BCUT2D eigenvalue weighted by atomic mass is 32.2. The van der Waals surface area contributed by atoms with Gasteiger partial charge in [0.2, 0.25) is 5.91 Å². The first-order valence-corrected chi connectivity index (χ1v) is 11.1. The Morgan fingerprint density at radius 1 is 0.935 bits per heavy atom. The van der Waals surface area contributed by atoms with Crippen molar-refractivity contribution >= 4 is 34.3 Å². The van der Waals surface area contributed by atoms with Crippen LogP contribution in [0.15, 0.2) is 82.7 Å². The number of aryl methyl sites for hydroxylation is 2. The van der Waals surface area contributed by atoms with Crippen LogP contribution in [-0.2, 0) is 4.79 Å². The highest BCUT2D eigenvalue weighted by Crippen LogP contribution is 2.23. The Morgan fingerprint density at radius 2 is 1.61 bits per heavy atom. The number of fused-ring (bicyclic) bond motifs is 1. The van der Waals surface area contributed by atoms with Crippen LogP contribution in [-0.4, -0.2) is 21.2 Å². The van der Waals surface area contributed by atoms with Crippen LogP contribution in [0.25, 0.3) is 16.6 Å². The molecule has 1 heterocycles. The first kappa shape index (κ1) is 20.9. The summed E-state index contributed by atoms with van der Waals surface area (Å²) in [4.78, 5) is 30.4. The van der Waals surface area contributed by atoms with Crippen LogP contribution in [0.3, 0.4) is 0 Å². The minimum atomic E-state index is -0.112. The third-order valence-corrected chi connectivity index (χ3v) is 6.01. The Bertz CT molecular complexity index is 1280. The molecule has 4 rings (SSSR count). The number of amides is 1. The van der Waals surface area contributed by atoms with Gasteiger partial charge >= 0.3 is 0 Å². The summed E-state index contributed by atoms with van der Waals surface area (Å²) in [6.45, 7) is 3.96. The lowest BCUT2D eigenvalue weighted by Gasteiger charge is -2.14. The van der Waals surface area contributed by atoms with Crippen molar-refractivity contribution in [2.45, 2.75) is 25.4 Å². The maximum Gasteiger partial charge on any atom is 0.266 e. The molecule has 3 aromatic carbocycles. The van der Waals surface area contributed by atoms with Crippen LogP contribution in [0.5, 0.6) is 0 Å². The number of hydrogen-bond acceptors (Lipinski definition) is 4. The van der Waals surface area contributed by atoms with Crippen LogP contribution in [0.2, 0.25) is 0 Å². The largest absolute Gasteiger partial charge is 0.326 e. The summed E-state index contributed by atoms with van der Waals surface area (Å²) in [5, 5.41) is 4.16. The summed E-state index contributed by atoms with van der Waals surface area (Å²) in [6, 6.07) is 22.7. The number of thioether (sulfide) groups is 1. The second-order valence-corrected chi connectivity index (χ2v) is 8.36. The second kappa shape index (κ2) is 9.18. The van der Waals surface area contributed by atoms with Gasteiger partial charge in [0, 0.05) is 17.9 Å². The first-order valence-electron chi connectivity index (χ1n) is 10.1. The summed E-state index contributed by atoms with van der Waals surface area (Å²) in [5.74, 6) is 0.452. The molecule has 0 aliphatic carbocycles. The monoisotopic (exact) mass is 429 g/mol. The van der Waals surface area contributed by atoms with Crippen LogP contribution in [0, 0.1) is 13.8 Å². The molecule has 1 aromatic heterocycles. The molecule has 0 saturated carbocycles. The van der Waals surface area contributed by atoms with Crippen molar-refractivity contribution in [2.24, 2.45) is 0 Å². The summed E-state index contributed by atoms with van der Waals surface area (Å²) in [5.41, 5.74) is 4.24. The van der Waals surface area contributed by atoms with Crippen molar-refractivity contribution in [2.75, 3.05) is 11.1 Å². The molecule has 0 saturated heterocycles. The van der Waals surface area contributed by atoms with Crippen molar-refractivity contribution in [3.05, 3.63) is 94.3 Å². The van der Waals surface area contributed by atoms with Crippen LogP contribution >= 0.6 is 11.8 Å². The lowest BCUT2D eigenvalue weighted by Crippen LogP contribution is -2.22. The molecule has 0 aliphatic heterocycles. The standard InChI is InChI=1S/C25H23N3O2S/c1-17-9-8-10-18(2)23(17)27-22(29)15-16-31-25-26-21-14-7-6-13-20(21)24(30)28(25)19-11-4-3-5-12-19/h3-14H,15-16H2,1-2H3,(H,27,29). The van der Waals surface area contributed by atoms with E-state index in [1.807, 2.05) is 80.6 Å². The average molecular weight is 430 g/mol. The van der Waals surface area contributed by atoms with E-state index in [9.17, 15) is 9.59 Å². The van der Waals surface area contributed by atoms with Gasteiger partial charge in [-0.05, 0) is 49.2 Å². The van der Waals surface area contributed by atoms with E-state index in [-0.39, 0.29) is 11.5 Å². The summed E-state index contributed by atoms with van der Waals surface area (Å²) in [6.07, 6.45) is 0.315. The molecule has 1 amide bonds. The predicted molar refractivity (Wildman–Crippen MR) is 127 cm³/mol. The molecule has 31 heavy (non-hydrogen) atoms. The molecule has 0 spiro atoms. The van der Waals surface area contributed by atoms with E-state index >= 15 is 0 Å². The molecule has 156 valence electrons. The number of carbonyl (C=O) groups excluding carboxylic acids is 1. The minimum absolute atomic E-state index is 0.0562. The highest BCUT2D eigenvalue weighted by molar-refractivity contribution is 7.99. The van der Waals surface area contributed by atoms with Gasteiger partial charge in [-0.2, -0.15) is 0 Å². The van der Waals surface area contributed by atoms with Crippen LogP contribution < -0.4 is 10.9 Å². The number of para-hydroxylation sites is 3. The van der Waals surface area contributed by atoms with Crippen molar-refractivity contribution in [3.8, 4) is 5.69 Å². The molecule has 1 N–H and O–H groups in total. The zero-order valence-electron chi connectivity index (χ0n) is 17.5. The summed E-state index contributed by atoms with van der Waals surface area (Å²) in [7, 11) is 0. The quantitative estimate of drug-likeness (QED) is 0.341. The van der Waals surface area contributed by atoms with Gasteiger partial charge in [-0.15, -0.1) is 0 Å². The van der Waals surface area contributed by atoms with Gasteiger partial charge in [0.25, 0.3) is 5.56 Å². The Labute approximate surface area is 185 Å². The molecule has 0 fully saturated rings. The molecule has 0 aliphatic rings. The lowest BCUT2D eigenvalue weighted by molar-refractivity contribution is -0.115. The molecule has 0 radical (unpaired) electrons. The number of rotatable bonds is 6. The Kier molecular flexibility index (Phi) is 6.18. The lowest BCUT2D eigenvalue weighted by atomic mass is 10.1. The minimum Gasteiger partial charge on any atom is -0.326 e. The molecule has 0 bridgehead atoms. The Balaban J connectivity index is 1.57. The van der Waals surface area contributed by atoms with Gasteiger partial charge in [-0.3, -0.25) is 14.2 Å². The van der Waals surface area contributed by atoms with Crippen molar-refractivity contribution in [1.82, 2.24) is 9.55 Å². The van der Waals surface area contributed by atoms with E-state index in [0.717, 1.165) is 22.5 Å². The summed E-state index contributed by atoms with van der Waals surface area (Å²) < 4.78 is 1.62. The number of carbonyl (C=O) groups is 1. The maximum atomic E-state index is 13.2. The molecule has 0 atom stereocenters. The molecule has 5 nitrogen and oxygen atoms in total. The number of benzene rings is 3. The average Bonchev–Trinajstić information content (AvgIpc) is 2.77. The Morgan fingerprint density at radius 3 is 2.35 bits per heavy atom. The number of anilines is 1. The molecule has 0 unspecified atom stereocenters. The third kappa shape index (κ3) is 4.54. The zero-order valence-corrected chi connectivity index (χ0v) is 18.3. The summed E-state index contributed by atoms with van der Waals surface area (Å²) >= 11 is 1.41. The maximum absolute atomic E-state index is 13.2. The van der Waals surface area contributed by atoms with E-state index in [1.165, 1.54) is 11.8 Å². The zero-order chi connectivity index (χ0) is 21.8. The van der Waals surface area contributed by atoms with E-state index in [2.05, 4.69) is 5.32 Å². The predicted octanol–water partition coefficient (Wildman–Crippen LogP) is 5.12. The van der Waals surface area contributed by atoms with Crippen LogP contribution in [0.4, 0.5) is 5.69 Å². The molecule has 6 heteroatoms. The van der Waals surface area contributed by atoms with Gasteiger partial charge in [-0.1, -0.05) is 60.3 Å². The van der Waals surface area contributed by atoms with Gasteiger partial charge < -0.3 is 5.32 Å². The van der Waals surface area contributed by atoms with Crippen molar-refractivity contribution in [3.63, 3.8) is 0 Å². The fourth-order valence-electron chi connectivity index (χ4n) is 3.46. The topological polar surface area (TPSA) is 64.0 Å². The van der Waals surface area contributed by atoms with Gasteiger partial charge in [0.05, 0.1) is 16.6 Å². The third-order valence-electron chi connectivity index (χ3n) is 5.07.